The summed E-state index contributed by atoms with van der Waals surface area (Å²) in [5, 5.41) is 13.0. The minimum atomic E-state index is 0.301. The van der Waals surface area contributed by atoms with Gasteiger partial charge in [0.2, 0.25) is 0 Å². The highest BCUT2D eigenvalue weighted by Crippen LogP contribution is 2.31. The first-order valence-electron chi connectivity index (χ1n) is 5.77. The summed E-state index contributed by atoms with van der Waals surface area (Å²) >= 11 is 5.81. The second kappa shape index (κ2) is 5.51. The van der Waals surface area contributed by atoms with Gasteiger partial charge in [0.15, 0.2) is 0 Å². The Balaban J connectivity index is 1.87. The van der Waals surface area contributed by atoms with Crippen LogP contribution in [0.3, 0.4) is 0 Å². The molecular formula is C12H17ClN2O. The van der Waals surface area contributed by atoms with Gasteiger partial charge in [0.25, 0.3) is 0 Å². The zero-order valence-electron chi connectivity index (χ0n) is 9.19. The SMILES string of the molecule is OCC1CCCC1CNc1cccc(Cl)n1. The number of halogens is 1. The Morgan fingerprint density at radius 1 is 1.38 bits per heavy atom. The number of anilines is 1. The molecule has 1 aromatic heterocycles. The molecule has 0 aromatic carbocycles. The van der Waals surface area contributed by atoms with E-state index in [0.29, 0.717) is 23.6 Å². The molecule has 3 nitrogen and oxygen atoms in total. The molecule has 1 fully saturated rings. The molecule has 0 spiro atoms. The summed E-state index contributed by atoms with van der Waals surface area (Å²) in [6.45, 7) is 1.17. The third-order valence-electron chi connectivity index (χ3n) is 3.31. The van der Waals surface area contributed by atoms with Crippen LogP contribution in [0.1, 0.15) is 19.3 Å². The van der Waals surface area contributed by atoms with Gasteiger partial charge in [0.05, 0.1) is 0 Å². The summed E-state index contributed by atoms with van der Waals surface area (Å²) in [7, 11) is 0. The van der Waals surface area contributed by atoms with Crippen molar-refractivity contribution in [2.24, 2.45) is 11.8 Å². The van der Waals surface area contributed by atoms with E-state index in [-0.39, 0.29) is 0 Å². The lowest BCUT2D eigenvalue weighted by molar-refractivity contribution is 0.199. The minimum Gasteiger partial charge on any atom is -0.396 e. The fourth-order valence-electron chi connectivity index (χ4n) is 2.37. The largest absolute Gasteiger partial charge is 0.396 e. The van der Waals surface area contributed by atoms with E-state index in [2.05, 4.69) is 10.3 Å². The average molecular weight is 241 g/mol. The van der Waals surface area contributed by atoms with Crippen molar-refractivity contribution in [1.29, 1.82) is 0 Å². The molecule has 1 aromatic rings. The first-order valence-corrected chi connectivity index (χ1v) is 6.14. The van der Waals surface area contributed by atoms with Crippen LogP contribution in [0.4, 0.5) is 5.82 Å². The van der Waals surface area contributed by atoms with Crippen molar-refractivity contribution in [2.45, 2.75) is 19.3 Å². The van der Waals surface area contributed by atoms with Gasteiger partial charge in [-0.1, -0.05) is 24.1 Å². The molecule has 16 heavy (non-hydrogen) atoms. The molecule has 2 atom stereocenters. The highest BCUT2D eigenvalue weighted by molar-refractivity contribution is 6.29. The molecule has 0 saturated heterocycles. The molecule has 2 rings (SSSR count). The Morgan fingerprint density at radius 3 is 2.94 bits per heavy atom. The van der Waals surface area contributed by atoms with Crippen LogP contribution in [0.25, 0.3) is 0 Å². The molecule has 2 N–H and O–H groups in total. The maximum atomic E-state index is 9.21. The number of pyridine rings is 1. The van der Waals surface area contributed by atoms with Crippen LogP contribution < -0.4 is 5.32 Å². The molecule has 1 aliphatic carbocycles. The molecule has 0 aliphatic heterocycles. The number of rotatable bonds is 4. The van der Waals surface area contributed by atoms with E-state index in [1.807, 2.05) is 12.1 Å². The smallest absolute Gasteiger partial charge is 0.131 e. The molecule has 0 amide bonds. The second-order valence-electron chi connectivity index (χ2n) is 4.36. The third kappa shape index (κ3) is 2.86. The van der Waals surface area contributed by atoms with Gasteiger partial charge >= 0.3 is 0 Å². The van der Waals surface area contributed by atoms with E-state index in [0.717, 1.165) is 18.8 Å². The summed E-state index contributed by atoms with van der Waals surface area (Å²) in [6, 6.07) is 5.56. The van der Waals surface area contributed by atoms with E-state index >= 15 is 0 Å². The highest BCUT2D eigenvalue weighted by Gasteiger charge is 2.26. The number of aliphatic hydroxyl groups excluding tert-OH is 1. The van der Waals surface area contributed by atoms with Gasteiger partial charge in [-0.3, -0.25) is 0 Å². The molecule has 1 heterocycles. The third-order valence-corrected chi connectivity index (χ3v) is 3.52. The monoisotopic (exact) mass is 240 g/mol. The molecule has 4 heteroatoms. The van der Waals surface area contributed by atoms with Crippen molar-refractivity contribution in [2.75, 3.05) is 18.5 Å². The molecule has 2 unspecified atom stereocenters. The Morgan fingerprint density at radius 2 is 2.19 bits per heavy atom. The number of hydrogen-bond donors (Lipinski definition) is 2. The van der Waals surface area contributed by atoms with E-state index in [1.54, 1.807) is 6.07 Å². The Labute approximate surface area is 101 Å². The minimum absolute atomic E-state index is 0.301. The Hall–Kier alpha value is -0.800. The van der Waals surface area contributed by atoms with Crippen LogP contribution >= 0.6 is 11.6 Å². The van der Waals surface area contributed by atoms with Crippen molar-refractivity contribution >= 4 is 17.4 Å². The van der Waals surface area contributed by atoms with Crippen LogP contribution in [0.2, 0.25) is 5.15 Å². The predicted octanol–water partition coefficient (Wildman–Crippen LogP) is 2.56. The van der Waals surface area contributed by atoms with Crippen LogP contribution in [0, 0.1) is 11.8 Å². The molecule has 1 saturated carbocycles. The lowest BCUT2D eigenvalue weighted by Crippen LogP contribution is -2.21. The van der Waals surface area contributed by atoms with E-state index in [4.69, 9.17) is 11.6 Å². The normalized spacial score (nSPS) is 24.6. The summed E-state index contributed by atoms with van der Waals surface area (Å²) in [6.07, 6.45) is 3.56. The first-order chi connectivity index (χ1) is 7.79. The van der Waals surface area contributed by atoms with Gasteiger partial charge in [0.1, 0.15) is 11.0 Å². The molecular weight excluding hydrogens is 224 g/mol. The van der Waals surface area contributed by atoms with E-state index < -0.39 is 0 Å². The lowest BCUT2D eigenvalue weighted by Gasteiger charge is -2.18. The summed E-state index contributed by atoms with van der Waals surface area (Å²) in [5.74, 6) is 1.83. The quantitative estimate of drug-likeness (QED) is 0.796. The van der Waals surface area contributed by atoms with Crippen molar-refractivity contribution in [1.82, 2.24) is 4.98 Å². The van der Waals surface area contributed by atoms with Gasteiger partial charge in [0, 0.05) is 13.2 Å². The Bertz CT molecular complexity index is 346. The van der Waals surface area contributed by atoms with Crippen LogP contribution in [0.15, 0.2) is 18.2 Å². The lowest BCUT2D eigenvalue weighted by atomic mass is 9.97. The fraction of sp³-hybridized carbons (Fsp3) is 0.583. The van der Waals surface area contributed by atoms with Crippen LogP contribution in [-0.4, -0.2) is 23.2 Å². The number of hydrogen-bond acceptors (Lipinski definition) is 3. The van der Waals surface area contributed by atoms with Crippen molar-refractivity contribution in [3.63, 3.8) is 0 Å². The number of aliphatic hydroxyl groups is 1. The van der Waals surface area contributed by atoms with Crippen molar-refractivity contribution < 1.29 is 5.11 Å². The summed E-state index contributed by atoms with van der Waals surface area (Å²) in [5.41, 5.74) is 0. The van der Waals surface area contributed by atoms with Gasteiger partial charge in [-0.2, -0.15) is 0 Å². The van der Waals surface area contributed by atoms with Gasteiger partial charge < -0.3 is 10.4 Å². The number of nitrogens with one attached hydrogen (secondary N) is 1. The van der Waals surface area contributed by atoms with Crippen molar-refractivity contribution in [3.05, 3.63) is 23.4 Å². The fourth-order valence-corrected chi connectivity index (χ4v) is 2.53. The molecule has 0 radical (unpaired) electrons. The molecule has 0 bridgehead atoms. The zero-order valence-corrected chi connectivity index (χ0v) is 9.95. The number of aromatic nitrogens is 1. The Kier molecular flexibility index (Phi) is 4.02. The molecule has 1 aliphatic rings. The summed E-state index contributed by atoms with van der Waals surface area (Å²) in [4.78, 5) is 4.18. The first kappa shape index (κ1) is 11.7. The van der Waals surface area contributed by atoms with Crippen LogP contribution in [-0.2, 0) is 0 Å². The van der Waals surface area contributed by atoms with Gasteiger partial charge in [-0.25, -0.2) is 4.98 Å². The molecule has 88 valence electrons. The van der Waals surface area contributed by atoms with Gasteiger partial charge in [-0.05, 0) is 36.8 Å². The van der Waals surface area contributed by atoms with E-state index in [1.165, 1.54) is 12.8 Å². The average Bonchev–Trinajstić information content (AvgIpc) is 2.74. The predicted molar refractivity (Wildman–Crippen MR) is 65.7 cm³/mol. The second-order valence-corrected chi connectivity index (χ2v) is 4.75. The highest BCUT2D eigenvalue weighted by atomic mass is 35.5. The van der Waals surface area contributed by atoms with Crippen LogP contribution in [0.5, 0.6) is 0 Å². The maximum absolute atomic E-state index is 9.21. The van der Waals surface area contributed by atoms with Crippen molar-refractivity contribution in [3.8, 4) is 0 Å². The maximum Gasteiger partial charge on any atom is 0.131 e. The standard InChI is InChI=1S/C12H17ClN2O/c13-11-5-2-6-12(15-11)14-7-9-3-1-4-10(9)8-16/h2,5-6,9-10,16H,1,3-4,7-8H2,(H,14,15). The summed E-state index contributed by atoms with van der Waals surface area (Å²) < 4.78 is 0. The topological polar surface area (TPSA) is 45.1 Å². The van der Waals surface area contributed by atoms with Gasteiger partial charge in [-0.15, -0.1) is 0 Å². The van der Waals surface area contributed by atoms with E-state index in [9.17, 15) is 5.11 Å². The zero-order chi connectivity index (χ0) is 11.4. The number of nitrogens with zero attached hydrogens (tertiary/aromatic N) is 1.